The molecule has 2 N–H and O–H groups in total. The monoisotopic (exact) mass is 290 g/mol. The molecule has 4 nitrogen and oxygen atoms in total. The first kappa shape index (κ1) is 15.6. The number of anilines is 1. The van der Waals surface area contributed by atoms with E-state index in [0.717, 1.165) is 10.4 Å². The minimum atomic E-state index is -4.05. The lowest BCUT2D eigenvalue weighted by Gasteiger charge is -2.20. The largest absolute Gasteiger partial charge is 0.396 e. The third kappa shape index (κ3) is 3.30. The van der Waals surface area contributed by atoms with Crippen molar-refractivity contribution in [2.45, 2.75) is 18.2 Å². The highest BCUT2D eigenvalue weighted by Crippen LogP contribution is 2.24. The summed E-state index contributed by atoms with van der Waals surface area (Å²) in [5, 5.41) is 0. The van der Waals surface area contributed by atoms with Gasteiger partial charge in [0.15, 0.2) is 0 Å². The molecule has 0 aromatic heterocycles. The molecule has 0 heterocycles. The Morgan fingerprint density at radius 3 is 2.53 bits per heavy atom. The Bertz CT molecular complexity index is 573. The third-order valence-electron chi connectivity index (χ3n) is 2.47. The van der Waals surface area contributed by atoms with E-state index in [1.807, 2.05) is 0 Å². The van der Waals surface area contributed by atoms with E-state index in [-0.39, 0.29) is 13.1 Å². The summed E-state index contributed by atoms with van der Waals surface area (Å²) in [5.41, 5.74) is 4.88. The molecule has 0 aliphatic carbocycles. The van der Waals surface area contributed by atoms with Gasteiger partial charge in [0.25, 0.3) is 0 Å². The second-order valence-corrected chi connectivity index (χ2v) is 5.86. The number of nitrogen functional groups attached to an aromatic ring is 1. The Morgan fingerprint density at radius 2 is 2.00 bits per heavy atom. The van der Waals surface area contributed by atoms with Crippen molar-refractivity contribution in [1.82, 2.24) is 4.31 Å². The highest BCUT2D eigenvalue weighted by Gasteiger charge is 2.27. The lowest BCUT2D eigenvalue weighted by Crippen LogP contribution is -2.32. The molecule has 0 aliphatic rings. The summed E-state index contributed by atoms with van der Waals surface area (Å²) in [6.07, 6.45) is 1.96. The second-order valence-electron chi connectivity index (χ2n) is 3.96. The molecule has 0 unspecified atom stereocenters. The summed E-state index contributed by atoms with van der Waals surface area (Å²) in [4.78, 5) is -0.623. The smallest absolute Gasteiger partial charge is 0.246 e. The van der Waals surface area contributed by atoms with Crippen molar-refractivity contribution in [2.75, 3.05) is 18.8 Å². The van der Waals surface area contributed by atoms with Crippen LogP contribution in [0.25, 0.3) is 0 Å². The number of nitrogens with zero attached hydrogens (tertiary/aromatic N) is 1. The van der Waals surface area contributed by atoms with Gasteiger partial charge >= 0.3 is 0 Å². The van der Waals surface area contributed by atoms with Crippen molar-refractivity contribution in [3.63, 3.8) is 0 Å². The summed E-state index contributed by atoms with van der Waals surface area (Å²) < 4.78 is 52.3. The zero-order valence-corrected chi connectivity index (χ0v) is 11.4. The van der Waals surface area contributed by atoms with Gasteiger partial charge < -0.3 is 5.73 Å². The first-order chi connectivity index (χ1) is 8.84. The molecule has 19 heavy (non-hydrogen) atoms. The van der Waals surface area contributed by atoms with Crippen LogP contribution in [0.4, 0.5) is 14.5 Å². The van der Waals surface area contributed by atoms with Crippen molar-refractivity contribution in [3.8, 4) is 0 Å². The average Bonchev–Trinajstić information content (AvgIpc) is 2.33. The van der Waals surface area contributed by atoms with E-state index in [4.69, 9.17) is 5.73 Å². The molecule has 0 bridgehead atoms. The molecule has 0 saturated heterocycles. The first-order valence-corrected chi connectivity index (χ1v) is 7.14. The van der Waals surface area contributed by atoms with Crippen molar-refractivity contribution >= 4 is 15.7 Å². The molecule has 1 aromatic rings. The third-order valence-corrected chi connectivity index (χ3v) is 4.35. The molecular formula is C12H16F2N2O2S. The van der Waals surface area contributed by atoms with Crippen molar-refractivity contribution in [1.29, 1.82) is 0 Å². The summed E-state index contributed by atoms with van der Waals surface area (Å²) in [5.74, 6) is -2.14. The van der Waals surface area contributed by atoms with E-state index in [1.54, 1.807) is 6.92 Å². The molecule has 7 heteroatoms. The fraction of sp³-hybridized carbons (Fsp3) is 0.333. The predicted molar refractivity (Wildman–Crippen MR) is 70.0 cm³/mol. The van der Waals surface area contributed by atoms with Crippen LogP contribution in [-0.4, -0.2) is 25.8 Å². The van der Waals surface area contributed by atoms with Gasteiger partial charge in [-0.1, -0.05) is 13.0 Å². The van der Waals surface area contributed by atoms with Gasteiger partial charge in [0.1, 0.15) is 16.5 Å². The Labute approximate surface area is 111 Å². The van der Waals surface area contributed by atoms with Gasteiger partial charge in [-0.25, -0.2) is 17.2 Å². The molecule has 0 atom stereocenters. The van der Waals surface area contributed by atoms with Crippen molar-refractivity contribution in [3.05, 3.63) is 36.4 Å². The van der Waals surface area contributed by atoms with Crippen LogP contribution in [-0.2, 0) is 10.0 Å². The lowest BCUT2D eigenvalue weighted by molar-refractivity contribution is 0.436. The van der Waals surface area contributed by atoms with E-state index < -0.39 is 32.2 Å². The minimum absolute atomic E-state index is 0.0485. The second kappa shape index (κ2) is 6.12. The topological polar surface area (TPSA) is 63.4 Å². The maximum Gasteiger partial charge on any atom is 0.246 e. The van der Waals surface area contributed by atoms with Crippen LogP contribution < -0.4 is 5.73 Å². The summed E-state index contributed by atoms with van der Waals surface area (Å²) in [6.45, 7) is 5.51. The lowest BCUT2D eigenvalue weighted by atomic mass is 10.3. The van der Waals surface area contributed by atoms with Crippen LogP contribution in [0.1, 0.15) is 13.3 Å². The fourth-order valence-corrected chi connectivity index (χ4v) is 3.17. The molecule has 0 saturated carbocycles. The number of hydrogen-bond acceptors (Lipinski definition) is 3. The maximum absolute atomic E-state index is 13.6. The zero-order valence-electron chi connectivity index (χ0n) is 10.6. The Morgan fingerprint density at radius 1 is 1.37 bits per heavy atom. The van der Waals surface area contributed by atoms with E-state index in [0.29, 0.717) is 12.5 Å². The van der Waals surface area contributed by atoms with Crippen LogP contribution in [0.3, 0.4) is 0 Å². The summed E-state index contributed by atoms with van der Waals surface area (Å²) in [7, 11) is -4.05. The molecule has 1 rings (SSSR count). The van der Waals surface area contributed by atoms with Gasteiger partial charge in [-0.05, 0) is 12.5 Å². The Kier molecular flexibility index (Phi) is 5.02. The SMILES string of the molecule is C=CCN(CCC)S(=O)(=O)c1cc(N)c(F)cc1F. The molecule has 0 radical (unpaired) electrons. The quantitative estimate of drug-likeness (QED) is 0.645. The van der Waals surface area contributed by atoms with E-state index in [1.165, 1.54) is 6.08 Å². The Balaban J connectivity index is 3.32. The Hall–Kier alpha value is -1.47. The van der Waals surface area contributed by atoms with Crippen LogP contribution >= 0.6 is 0 Å². The van der Waals surface area contributed by atoms with Gasteiger partial charge in [-0.15, -0.1) is 6.58 Å². The van der Waals surface area contributed by atoms with Crippen LogP contribution in [0, 0.1) is 11.6 Å². The van der Waals surface area contributed by atoms with Crippen LogP contribution in [0.2, 0.25) is 0 Å². The van der Waals surface area contributed by atoms with Gasteiger partial charge in [-0.2, -0.15) is 4.31 Å². The molecule has 0 aliphatic heterocycles. The number of sulfonamides is 1. The van der Waals surface area contributed by atoms with E-state index >= 15 is 0 Å². The number of rotatable bonds is 6. The molecule has 106 valence electrons. The molecule has 1 aromatic carbocycles. The van der Waals surface area contributed by atoms with Crippen molar-refractivity contribution in [2.24, 2.45) is 0 Å². The molecule has 0 spiro atoms. The van der Waals surface area contributed by atoms with Crippen LogP contribution in [0.5, 0.6) is 0 Å². The summed E-state index contributed by atoms with van der Waals surface area (Å²) in [6, 6.07) is 1.27. The first-order valence-electron chi connectivity index (χ1n) is 5.70. The normalized spacial score (nSPS) is 11.8. The predicted octanol–water partition coefficient (Wildman–Crippen LogP) is 2.13. The average molecular weight is 290 g/mol. The van der Waals surface area contributed by atoms with Gasteiger partial charge in [0.2, 0.25) is 10.0 Å². The van der Waals surface area contributed by atoms with Crippen LogP contribution in [0.15, 0.2) is 29.7 Å². The number of halogens is 2. The standard InChI is InChI=1S/C12H16F2N2O2S/c1-3-5-16(6-4-2)19(17,18)12-8-11(15)9(13)7-10(12)14/h3,7-8H,1,4-6,15H2,2H3. The van der Waals surface area contributed by atoms with E-state index in [9.17, 15) is 17.2 Å². The fourth-order valence-electron chi connectivity index (χ4n) is 1.58. The number of hydrogen-bond donors (Lipinski definition) is 1. The number of benzene rings is 1. The van der Waals surface area contributed by atoms with Gasteiger partial charge in [-0.3, -0.25) is 0 Å². The maximum atomic E-state index is 13.6. The van der Waals surface area contributed by atoms with Gasteiger partial charge in [0, 0.05) is 19.2 Å². The molecular weight excluding hydrogens is 274 g/mol. The van der Waals surface area contributed by atoms with E-state index in [2.05, 4.69) is 6.58 Å². The van der Waals surface area contributed by atoms with Crippen molar-refractivity contribution < 1.29 is 17.2 Å². The van der Waals surface area contributed by atoms with Gasteiger partial charge in [0.05, 0.1) is 5.69 Å². The summed E-state index contributed by atoms with van der Waals surface area (Å²) >= 11 is 0. The molecule has 0 fully saturated rings. The number of nitrogens with two attached hydrogens (primary N) is 1. The zero-order chi connectivity index (χ0) is 14.6. The highest BCUT2D eigenvalue weighted by molar-refractivity contribution is 7.89. The molecule has 0 amide bonds. The highest BCUT2D eigenvalue weighted by atomic mass is 32.2. The minimum Gasteiger partial charge on any atom is -0.396 e.